The summed E-state index contributed by atoms with van der Waals surface area (Å²) >= 11 is 2.98. The van der Waals surface area contributed by atoms with Crippen molar-refractivity contribution in [2.45, 2.75) is 37.3 Å². The van der Waals surface area contributed by atoms with Gasteiger partial charge >= 0.3 is 5.97 Å². The molecule has 0 N–H and O–H groups in total. The highest BCUT2D eigenvalue weighted by molar-refractivity contribution is 8.01. The number of hydrogen-bond acceptors (Lipinski definition) is 6. The fraction of sp³-hybridized carbons (Fsp3) is 0.316. The third-order valence-electron chi connectivity index (χ3n) is 3.82. The molecule has 0 saturated carbocycles. The first-order valence-electron chi connectivity index (χ1n) is 8.09. The third kappa shape index (κ3) is 3.70. The van der Waals surface area contributed by atoms with Crippen LogP contribution in [0.2, 0.25) is 0 Å². The molecule has 0 fully saturated rings. The second kappa shape index (κ2) is 7.14. The van der Waals surface area contributed by atoms with Gasteiger partial charge in [0, 0.05) is 39.5 Å². The second-order valence-corrected chi connectivity index (χ2v) is 8.67. The number of rotatable bonds is 5. The number of hydrogen-bond donors (Lipinski definition) is 0. The molecular formula is C19H20N2O2S2. The topological polar surface area (TPSA) is 52.1 Å². The quantitative estimate of drug-likeness (QED) is 0.461. The lowest BCUT2D eigenvalue weighted by molar-refractivity contribution is -0.145. The maximum absolute atomic E-state index is 12.3. The molecule has 25 heavy (non-hydrogen) atoms. The Balaban J connectivity index is 2.10. The molecule has 3 rings (SSSR count). The number of esters is 1. The molecule has 0 atom stereocenters. The predicted octanol–water partition coefficient (Wildman–Crippen LogP) is 5.10. The highest BCUT2D eigenvalue weighted by Crippen LogP contribution is 2.43. The van der Waals surface area contributed by atoms with Crippen molar-refractivity contribution < 1.29 is 9.53 Å². The van der Waals surface area contributed by atoms with Crippen LogP contribution in [0, 0.1) is 6.92 Å². The maximum Gasteiger partial charge on any atom is 0.321 e. The zero-order valence-electron chi connectivity index (χ0n) is 14.7. The summed E-state index contributed by atoms with van der Waals surface area (Å²) in [5.41, 5.74) is 3.08. The van der Waals surface area contributed by atoms with Gasteiger partial charge in [0.2, 0.25) is 0 Å². The van der Waals surface area contributed by atoms with E-state index in [4.69, 9.17) is 4.74 Å². The first kappa shape index (κ1) is 17.9. The molecule has 0 spiro atoms. The summed E-state index contributed by atoms with van der Waals surface area (Å²) in [6.07, 6.45) is 3.75. The largest absolute Gasteiger partial charge is 0.465 e. The van der Waals surface area contributed by atoms with E-state index in [-0.39, 0.29) is 5.97 Å². The van der Waals surface area contributed by atoms with Gasteiger partial charge in [0.15, 0.2) is 0 Å². The number of ether oxygens (including phenoxy) is 1. The minimum Gasteiger partial charge on any atom is -0.465 e. The zero-order valence-corrected chi connectivity index (χ0v) is 16.3. The first-order valence-corrected chi connectivity index (χ1v) is 9.68. The van der Waals surface area contributed by atoms with Gasteiger partial charge in [-0.2, -0.15) is 4.37 Å². The summed E-state index contributed by atoms with van der Waals surface area (Å²) in [7, 11) is 0. The summed E-state index contributed by atoms with van der Waals surface area (Å²) in [6.45, 7) is 7.96. The van der Waals surface area contributed by atoms with Crippen LogP contribution in [0.5, 0.6) is 0 Å². The number of fused-ring (bicyclic) bond motifs is 1. The van der Waals surface area contributed by atoms with Crippen LogP contribution >= 0.6 is 23.3 Å². The van der Waals surface area contributed by atoms with E-state index >= 15 is 0 Å². The molecular weight excluding hydrogens is 352 g/mol. The fourth-order valence-corrected chi connectivity index (χ4v) is 4.54. The van der Waals surface area contributed by atoms with Crippen LogP contribution in [0.1, 0.15) is 26.5 Å². The monoisotopic (exact) mass is 372 g/mol. The van der Waals surface area contributed by atoms with Crippen molar-refractivity contribution in [3.63, 3.8) is 0 Å². The first-order chi connectivity index (χ1) is 11.9. The molecule has 6 heteroatoms. The summed E-state index contributed by atoms with van der Waals surface area (Å²) < 4.78 is 9.99. The molecule has 4 nitrogen and oxygen atoms in total. The Bertz CT molecular complexity index is 901. The second-order valence-electron chi connectivity index (χ2n) is 6.20. The molecule has 0 aliphatic rings. The Morgan fingerprint density at radius 2 is 2.04 bits per heavy atom. The number of nitrogens with zero attached hydrogens (tertiary/aromatic N) is 2. The van der Waals surface area contributed by atoms with Gasteiger partial charge < -0.3 is 4.74 Å². The smallest absolute Gasteiger partial charge is 0.321 e. The average Bonchev–Trinajstić information content (AvgIpc) is 3.04. The molecule has 1 aromatic carbocycles. The van der Waals surface area contributed by atoms with Crippen molar-refractivity contribution in [1.29, 1.82) is 0 Å². The lowest BCUT2D eigenvalue weighted by Gasteiger charge is -2.23. The highest BCUT2D eigenvalue weighted by atomic mass is 32.2. The van der Waals surface area contributed by atoms with E-state index in [1.165, 1.54) is 23.3 Å². The third-order valence-corrected chi connectivity index (χ3v) is 5.89. The number of carbonyl (C=O) groups is 1. The van der Waals surface area contributed by atoms with Gasteiger partial charge in [0.05, 0.1) is 11.3 Å². The Morgan fingerprint density at radius 1 is 1.24 bits per heavy atom. The van der Waals surface area contributed by atoms with E-state index in [2.05, 4.69) is 21.5 Å². The Kier molecular flexibility index (Phi) is 5.11. The molecule has 130 valence electrons. The molecule has 2 heterocycles. The highest BCUT2D eigenvalue weighted by Gasteiger charge is 2.32. The van der Waals surface area contributed by atoms with E-state index in [0.717, 1.165) is 31.8 Å². The minimum atomic E-state index is -0.679. The van der Waals surface area contributed by atoms with Crippen LogP contribution in [0.15, 0.2) is 41.6 Å². The van der Waals surface area contributed by atoms with E-state index in [9.17, 15) is 4.79 Å². The number of carbonyl (C=O) groups excluding carboxylic acids is 1. The Labute approximate surface area is 155 Å². The summed E-state index contributed by atoms with van der Waals surface area (Å²) in [5, 5.41) is 1.10. The predicted molar refractivity (Wildman–Crippen MR) is 104 cm³/mol. The molecule has 0 unspecified atom stereocenters. The van der Waals surface area contributed by atoms with E-state index in [0.29, 0.717) is 6.61 Å². The van der Waals surface area contributed by atoms with Crippen molar-refractivity contribution in [2.24, 2.45) is 0 Å². The van der Waals surface area contributed by atoms with Crippen molar-refractivity contribution in [2.75, 3.05) is 6.61 Å². The van der Waals surface area contributed by atoms with Crippen molar-refractivity contribution in [1.82, 2.24) is 9.36 Å². The van der Waals surface area contributed by atoms with Gasteiger partial charge in [0.1, 0.15) is 4.75 Å². The Hall–Kier alpha value is -1.92. The minimum absolute atomic E-state index is 0.211. The molecule has 0 radical (unpaired) electrons. The number of thioether (sulfide) groups is 1. The van der Waals surface area contributed by atoms with Crippen molar-refractivity contribution in [3.8, 4) is 11.1 Å². The number of pyridine rings is 1. The van der Waals surface area contributed by atoms with Crippen LogP contribution in [0.3, 0.4) is 0 Å². The molecule has 0 aliphatic carbocycles. The molecule has 2 aromatic heterocycles. The van der Waals surface area contributed by atoms with Gasteiger partial charge in [-0.1, -0.05) is 12.1 Å². The summed E-state index contributed by atoms with van der Waals surface area (Å²) in [5.74, 6) is -0.211. The van der Waals surface area contributed by atoms with Crippen LogP contribution in [-0.4, -0.2) is 26.7 Å². The van der Waals surface area contributed by atoms with E-state index in [1.54, 1.807) is 0 Å². The van der Waals surface area contributed by atoms with Crippen LogP contribution < -0.4 is 0 Å². The van der Waals surface area contributed by atoms with Gasteiger partial charge in [-0.25, -0.2) is 0 Å². The number of aryl methyl sites for hydroxylation is 1. The molecule has 0 bridgehead atoms. The molecule has 3 aromatic rings. The fourth-order valence-electron chi connectivity index (χ4n) is 2.51. The zero-order chi connectivity index (χ0) is 18.0. The van der Waals surface area contributed by atoms with Gasteiger partial charge in [-0.15, -0.1) is 11.8 Å². The van der Waals surface area contributed by atoms with E-state index in [1.807, 2.05) is 52.2 Å². The lowest BCUT2D eigenvalue weighted by Crippen LogP contribution is -2.30. The molecule has 0 amide bonds. The van der Waals surface area contributed by atoms with Crippen molar-refractivity contribution >= 4 is 39.3 Å². The lowest BCUT2D eigenvalue weighted by atomic mass is 10.1. The van der Waals surface area contributed by atoms with Gasteiger partial charge in [-0.3, -0.25) is 9.78 Å². The normalized spacial score (nSPS) is 11.7. The molecule has 0 saturated heterocycles. The van der Waals surface area contributed by atoms with Crippen LogP contribution in [0.4, 0.5) is 0 Å². The van der Waals surface area contributed by atoms with Crippen molar-refractivity contribution in [3.05, 3.63) is 42.4 Å². The number of aromatic nitrogens is 2. The van der Waals surface area contributed by atoms with Gasteiger partial charge in [-0.05, 0) is 51.4 Å². The van der Waals surface area contributed by atoms with Gasteiger partial charge in [0.25, 0.3) is 0 Å². The summed E-state index contributed by atoms with van der Waals surface area (Å²) in [6, 6.07) is 8.17. The standard InChI is InChI=1S/C19H20N2O2S2/c1-5-23-18(22)19(3,4)24-15-9-8-14-11-21-25-17(14)16(15)13-7-6-12(2)20-10-13/h6-11H,5H2,1-4H3. The average molecular weight is 373 g/mol. The summed E-state index contributed by atoms with van der Waals surface area (Å²) in [4.78, 5) is 17.8. The van der Waals surface area contributed by atoms with Crippen LogP contribution in [-0.2, 0) is 9.53 Å². The SMILES string of the molecule is CCOC(=O)C(C)(C)Sc1ccc2cnsc2c1-c1ccc(C)nc1. The molecule has 0 aliphatic heterocycles. The number of benzene rings is 1. The van der Waals surface area contributed by atoms with E-state index < -0.39 is 4.75 Å². The van der Waals surface area contributed by atoms with Crippen LogP contribution in [0.25, 0.3) is 21.2 Å². The Morgan fingerprint density at radius 3 is 2.72 bits per heavy atom. The maximum atomic E-state index is 12.3.